The highest BCUT2D eigenvalue weighted by atomic mass is 16.3. The third kappa shape index (κ3) is 3.21. The normalized spacial score (nSPS) is 11.6. The number of rotatable bonds is 5. The average Bonchev–Trinajstić information content (AvgIpc) is 2.48. The maximum Gasteiger partial charge on any atom is 0.243 e. The number of nitrogens with one attached hydrogen (secondary N) is 2. The van der Waals surface area contributed by atoms with Crippen molar-refractivity contribution >= 4 is 11.9 Å². The lowest BCUT2D eigenvalue weighted by atomic mass is 9.90. The first-order chi connectivity index (χ1) is 6.53. The van der Waals surface area contributed by atoms with Crippen LogP contribution in [-0.4, -0.2) is 33.4 Å². The summed E-state index contributed by atoms with van der Waals surface area (Å²) < 4.78 is 0. The largest absolute Gasteiger partial charge is 0.396 e. The first kappa shape index (κ1) is 10.8. The first-order valence-electron chi connectivity index (χ1n) is 4.56. The van der Waals surface area contributed by atoms with E-state index >= 15 is 0 Å². The summed E-state index contributed by atoms with van der Waals surface area (Å²) >= 11 is 0. The molecule has 0 aliphatic carbocycles. The monoisotopic (exact) mass is 199 g/mol. The van der Waals surface area contributed by atoms with Gasteiger partial charge in [-0.25, -0.2) is 5.10 Å². The second kappa shape index (κ2) is 4.28. The number of H-pyrrole nitrogens is 1. The molecule has 0 aliphatic heterocycles. The van der Waals surface area contributed by atoms with Gasteiger partial charge in [0.25, 0.3) is 0 Å². The molecule has 0 saturated heterocycles. The number of anilines is 2. The van der Waals surface area contributed by atoms with E-state index in [1.54, 1.807) is 0 Å². The first-order valence-corrected chi connectivity index (χ1v) is 4.56. The number of hydrogen-bond acceptors (Lipinski definition) is 5. The minimum atomic E-state index is 0.0180. The van der Waals surface area contributed by atoms with Gasteiger partial charge in [0.1, 0.15) is 0 Å². The lowest BCUT2D eigenvalue weighted by Crippen LogP contribution is -2.24. The fourth-order valence-electron chi connectivity index (χ4n) is 1.06. The molecule has 0 bridgehead atoms. The van der Waals surface area contributed by atoms with Crippen LogP contribution in [0.15, 0.2) is 0 Å². The van der Waals surface area contributed by atoms with Gasteiger partial charge < -0.3 is 16.2 Å². The van der Waals surface area contributed by atoms with Crippen molar-refractivity contribution in [3.05, 3.63) is 0 Å². The van der Waals surface area contributed by atoms with Crippen LogP contribution in [0, 0.1) is 5.41 Å². The topological polar surface area (TPSA) is 99.8 Å². The highest BCUT2D eigenvalue weighted by Crippen LogP contribution is 2.19. The van der Waals surface area contributed by atoms with Gasteiger partial charge in [-0.3, -0.25) is 0 Å². The zero-order valence-electron chi connectivity index (χ0n) is 8.54. The van der Waals surface area contributed by atoms with Gasteiger partial charge >= 0.3 is 0 Å². The number of nitrogens with two attached hydrogens (primary N) is 1. The summed E-state index contributed by atoms with van der Waals surface area (Å²) in [6.45, 7) is 5.01. The maximum absolute atomic E-state index is 8.82. The van der Waals surface area contributed by atoms with Crippen LogP contribution in [0.5, 0.6) is 0 Å². The predicted molar refractivity (Wildman–Crippen MR) is 54.8 cm³/mol. The van der Waals surface area contributed by atoms with Gasteiger partial charge in [0.15, 0.2) is 0 Å². The highest BCUT2D eigenvalue weighted by Gasteiger charge is 2.17. The summed E-state index contributed by atoms with van der Waals surface area (Å²) in [5.74, 6) is 0.793. The molecule has 6 nitrogen and oxygen atoms in total. The van der Waals surface area contributed by atoms with E-state index in [-0.39, 0.29) is 12.0 Å². The molecule has 1 rings (SSSR count). The Kier molecular flexibility index (Phi) is 3.29. The lowest BCUT2D eigenvalue weighted by molar-refractivity contribution is 0.220. The summed E-state index contributed by atoms with van der Waals surface area (Å²) in [5.41, 5.74) is 5.39. The molecule has 0 fully saturated rings. The van der Waals surface area contributed by atoms with Crippen LogP contribution in [0.3, 0.4) is 0 Å². The minimum absolute atomic E-state index is 0.0180. The van der Waals surface area contributed by atoms with Crippen molar-refractivity contribution in [1.82, 2.24) is 15.2 Å². The van der Waals surface area contributed by atoms with E-state index in [9.17, 15) is 0 Å². The number of aromatic nitrogens is 3. The molecule has 0 saturated carbocycles. The molecular weight excluding hydrogens is 182 g/mol. The summed E-state index contributed by atoms with van der Waals surface area (Å²) in [4.78, 5) is 3.91. The van der Waals surface area contributed by atoms with Crippen molar-refractivity contribution in [2.75, 3.05) is 24.2 Å². The molecule has 0 amide bonds. The smallest absolute Gasteiger partial charge is 0.243 e. The molecule has 14 heavy (non-hydrogen) atoms. The van der Waals surface area contributed by atoms with Gasteiger partial charge in [0.2, 0.25) is 11.9 Å². The van der Waals surface area contributed by atoms with Gasteiger partial charge in [0.05, 0.1) is 0 Å². The molecule has 0 radical (unpaired) electrons. The number of aromatic amines is 1. The van der Waals surface area contributed by atoms with Crippen molar-refractivity contribution in [2.24, 2.45) is 5.41 Å². The number of aliphatic hydroxyl groups is 1. The van der Waals surface area contributed by atoms with E-state index in [4.69, 9.17) is 10.8 Å². The summed E-state index contributed by atoms with van der Waals surface area (Å²) in [6, 6.07) is 0. The van der Waals surface area contributed by atoms with E-state index < -0.39 is 0 Å². The van der Waals surface area contributed by atoms with Crippen molar-refractivity contribution in [1.29, 1.82) is 0 Å². The van der Waals surface area contributed by atoms with Crippen LogP contribution < -0.4 is 11.1 Å². The third-order valence-corrected chi connectivity index (χ3v) is 2.02. The zero-order chi connectivity index (χ0) is 10.6. The van der Waals surface area contributed by atoms with Gasteiger partial charge in [-0.15, -0.1) is 5.10 Å². The summed E-state index contributed by atoms with van der Waals surface area (Å²) in [6.07, 6.45) is 0.736. The fourth-order valence-corrected chi connectivity index (χ4v) is 1.06. The molecule has 0 spiro atoms. The van der Waals surface area contributed by atoms with Gasteiger partial charge in [-0.1, -0.05) is 13.8 Å². The Hall–Kier alpha value is -1.30. The molecule has 80 valence electrons. The summed E-state index contributed by atoms with van der Waals surface area (Å²) in [7, 11) is 0. The molecule has 6 heteroatoms. The highest BCUT2D eigenvalue weighted by molar-refractivity contribution is 5.29. The standard InChI is InChI=1S/C8H17N5O/c1-8(2,3-4-14)5-10-7-11-6(9)12-13-7/h14H,3-5H2,1-2H3,(H4,9,10,11,12,13). The van der Waals surface area contributed by atoms with E-state index in [2.05, 4.69) is 34.3 Å². The van der Waals surface area contributed by atoms with Crippen molar-refractivity contribution in [2.45, 2.75) is 20.3 Å². The van der Waals surface area contributed by atoms with Crippen LogP contribution >= 0.6 is 0 Å². The quantitative estimate of drug-likeness (QED) is 0.543. The lowest BCUT2D eigenvalue weighted by Gasteiger charge is -2.23. The number of hydrogen-bond donors (Lipinski definition) is 4. The molecule has 1 heterocycles. The van der Waals surface area contributed by atoms with Crippen LogP contribution in [-0.2, 0) is 0 Å². The Bertz CT molecular complexity index is 283. The predicted octanol–water partition coefficient (Wildman–Crippen LogP) is 0.207. The Labute approximate surface area is 82.9 Å². The maximum atomic E-state index is 8.82. The van der Waals surface area contributed by atoms with Gasteiger partial charge in [0, 0.05) is 13.2 Å². The van der Waals surface area contributed by atoms with E-state index in [0.29, 0.717) is 18.4 Å². The van der Waals surface area contributed by atoms with Gasteiger partial charge in [-0.2, -0.15) is 4.98 Å². The Morgan fingerprint density at radius 1 is 1.57 bits per heavy atom. The van der Waals surface area contributed by atoms with Crippen LogP contribution in [0.2, 0.25) is 0 Å². The number of aliphatic hydroxyl groups excluding tert-OH is 1. The fraction of sp³-hybridized carbons (Fsp3) is 0.750. The summed E-state index contributed by atoms with van der Waals surface area (Å²) in [5, 5.41) is 18.2. The molecule has 5 N–H and O–H groups in total. The molecule has 1 aromatic rings. The van der Waals surface area contributed by atoms with Crippen LogP contribution in [0.25, 0.3) is 0 Å². The molecule has 1 aromatic heterocycles. The van der Waals surface area contributed by atoms with E-state index in [0.717, 1.165) is 6.42 Å². The molecule has 0 aromatic carbocycles. The molecular formula is C8H17N5O. The number of nitrogens with zero attached hydrogens (tertiary/aromatic N) is 2. The second-order valence-electron chi connectivity index (χ2n) is 4.04. The average molecular weight is 199 g/mol. The Morgan fingerprint density at radius 2 is 2.29 bits per heavy atom. The Morgan fingerprint density at radius 3 is 2.79 bits per heavy atom. The van der Waals surface area contributed by atoms with Gasteiger partial charge in [-0.05, 0) is 11.8 Å². The minimum Gasteiger partial charge on any atom is -0.396 e. The van der Waals surface area contributed by atoms with Crippen molar-refractivity contribution < 1.29 is 5.11 Å². The molecule has 0 atom stereocenters. The molecule has 0 unspecified atom stereocenters. The Balaban J connectivity index is 2.40. The molecule has 0 aliphatic rings. The second-order valence-corrected chi connectivity index (χ2v) is 4.04. The van der Waals surface area contributed by atoms with Crippen molar-refractivity contribution in [3.8, 4) is 0 Å². The van der Waals surface area contributed by atoms with E-state index in [1.165, 1.54) is 0 Å². The third-order valence-electron chi connectivity index (χ3n) is 2.02. The zero-order valence-corrected chi connectivity index (χ0v) is 8.54. The number of nitrogen functional groups attached to an aromatic ring is 1. The van der Waals surface area contributed by atoms with Crippen molar-refractivity contribution in [3.63, 3.8) is 0 Å². The van der Waals surface area contributed by atoms with Crippen LogP contribution in [0.4, 0.5) is 11.9 Å². The van der Waals surface area contributed by atoms with E-state index in [1.807, 2.05) is 0 Å². The SMILES string of the molecule is CC(C)(CCO)CNc1n[nH]c(N)n1. The van der Waals surface area contributed by atoms with Crippen LogP contribution in [0.1, 0.15) is 20.3 Å².